The summed E-state index contributed by atoms with van der Waals surface area (Å²) in [5.74, 6) is 1.07. The van der Waals surface area contributed by atoms with Gasteiger partial charge in [0.2, 0.25) is 0 Å². The molecule has 2 aliphatic rings. The maximum Gasteiger partial charge on any atom is 0.124 e. The first-order chi connectivity index (χ1) is 10.7. The van der Waals surface area contributed by atoms with Gasteiger partial charge in [0.25, 0.3) is 0 Å². The molecule has 2 N–H and O–H groups in total. The third kappa shape index (κ3) is 3.47. The van der Waals surface area contributed by atoms with E-state index in [0.29, 0.717) is 12.1 Å². The van der Waals surface area contributed by atoms with E-state index in [4.69, 9.17) is 9.84 Å². The van der Waals surface area contributed by atoms with Gasteiger partial charge >= 0.3 is 0 Å². The zero-order valence-corrected chi connectivity index (χ0v) is 13.7. The molecule has 1 aromatic carbocycles. The Bertz CT molecular complexity index is 482. The van der Waals surface area contributed by atoms with E-state index in [1.807, 2.05) is 0 Å². The van der Waals surface area contributed by atoms with Crippen LogP contribution in [0.15, 0.2) is 24.3 Å². The Kier molecular flexibility index (Phi) is 5.04. The van der Waals surface area contributed by atoms with Crippen molar-refractivity contribution in [1.29, 1.82) is 0 Å². The van der Waals surface area contributed by atoms with E-state index in [-0.39, 0.29) is 12.2 Å². The van der Waals surface area contributed by atoms with Crippen LogP contribution in [0.1, 0.15) is 69.9 Å². The van der Waals surface area contributed by atoms with Crippen LogP contribution < -0.4 is 10.1 Å². The van der Waals surface area contributed by atoms with Gasteiger partial charge < -0.3 is 15.2 Å². The van der Waals surface area contributed by atoms with Gasteiger partial charge in [0, 0.05) is 30.7 Å². The lowest BCUT2D eigenvalue weighted by molar-refractivity contribution is -0.00403. The fourth-order valence-electron chi connectivity index (χ4n) is 4.09. The van der Waals surface area contributed by atoms with Crippen LogP contribution in [0.5, 0.6) is 5.75 Å². The number of hydrogen-bond acceptors (Lipinski definition) is 3. The first kappa shape index (κ1) is 15.8. The molecular weight excluding hydrogens is 274 g/mol. The lowest BCUT2D eigenvalue weighted by Gasteiger charge is -2.45. The van der Waals surface area contributed by atoms with Gasteiger partial charge in [-0.05, 0) is 51.5 Å². The van der Waals surface area contributed by atoms with Crippen molar-refractivity contribution in [3.63, 3.8) is 0 Å². The van der Waals surface area contributed by atoms with E-state index >= 15 is 0 Å². The second-order valence-corrected chi connectivity index (χ2v) is 7.07. The van der Waals surface area contributed by atoms with Crippen molar-refractivity contribution >= 4 is 0 Å². The largest absolute Gasteiger partial charge is 0.487 e. The Hall–Kier alpha value is -1.06. The molecule has 1 aliphatic carbocycles. The molecule has 0 aromatic heterocycles. The van der Waals surface area contributed by atoms with E-state index in [1.54, 1.807) is 0 Å². The zero-order valence-electron chi connectivity index (χ0n) is 13.7. The zero-order chi connectivity index (χ0) is 15.4. The number of aliphatic hydroxyl groups excluding tert-OH is 1. The van der Waals surface area contributed by atoms with Gasteiger partial charge in [-0.2, -0.15) is 0 Å². The van der Waals surface area contributed by atoms with E-state index in [0.717, 1.165) is 25.0 Å². The summed E-state index contributed by atoms with van der Waals surface area (Å²) >= 11 is 0. The minimum absolute atomic E-state index is 0.0426. The Balaban J connectivity index is 1.78. The van der Waals surface area contributed by atoms with Crippen molar-refractivity contribution in [2.24, 2.45) is 0 Å². The molecular formula is C19H29NO2. The molecule has 1 fully saturated rings. The van der Waals surface area contributed by atoms with Crippen LogP contribution in [0.3, 0.4) is 0 Å². The molecule has 0 saturated heterocycles. The lowest BCUT2D eigenvalue weighted by atomic mass is 9.77. The summed E-state index contributed by atoms with van der Waals surface area (Å²) in [4.78, 5) is 0. The molecule has 22 heavy (non-hydrogen) atoms. The number of ether oxygens (including phenoxy) is 1. The highest BCUT2D eigenvalue weighted by molar-refractivity contribution is 5.39. The van der Waals surface area contributed by atoms with Crippen LogP contribution in [0.25, 0.3) is 0 Å². The molecule has 0 bridgehead atoms. The predicted molar refractivity (Wildman–Crippen MR) is 89.2 cm³/mol. The van der Waals surface area contributed by atoms with Crippen molar-refractivity contribution < 1.29 is 9.84 Å². The molecule has 1 aromatic rings. The Morgan fingerprint density at radius 3 is 2.82 bits per heavy atom. The number of aliphatic hydroxyl groups is 1. The van der Waals surface area contributed by atoms with Gasteiger partial charge in [0.1, 0.15) is 11.4 Å². The lowest BCUT2D eigenvalue weighted by Crippen LogP contribution is -2.46. The molecule has 1 heterocycles. The van der Waals surface area contributed by atoms with Crippen LogP contribution in [0.4, 0.5) is 0 Å². The SMILES string of the molecule is CC(CCCO)NC1CC2(CCCCC2)Oc2ccccc21. The molecule has 1 aliphatic heterocycles. The summed E-state index contributed by atoms with van der Waals surface area (Å²) in [5, 5.41) is 12.8. The van der Waals surface area contributed by atoms with Gasteiger partial charge in [-0.25, -0.2) is 0 Å². The Labute approximate surface area is 134 Å². The third-order valence-corrected chi connectivity index (χ3v) is 5.24. The summed E-state index contributed by atoms with van der Waals surface area (Å²) in [7, 11) is 0. The molecule has 0 radical (unpaired) electrons. The molecule has 3 heteroatoms. The quantitative estimate of drug-likeness (QED) is 0.865. The van der Waals surface area contributed by atoms with Crippen LogP contribution in [-0.4, -0.2) is 23.4 Å². The highest BCUT2D eigenvalue weighted by atomic mass is 16.5. The van der Waals surface area contributed by atoms with Crippen LogP contribution in [-0.2, 0) is 0 Å². The van der Waals surface area contributed by atoms with Gasteiger partial charge in [-0.15, -0.1) is 0 Å². The van der Waals surface area contributed by atoms with Crippen LogP contribution in [0, 0.1) is 0 Å². The van der Waals surface area contributed by atoms with Crippen LogP contribution >= 0.6 is 0 Å². The molecule has 0 amide bonds. The van der Waals surface area contributed by atoms with Crippen molar-refractivity contribution in [3.8, 4) is 5.75 Å². The maximum atomic E-state index is 9.03. The number of fused-ring (bicyclic) bond motifs is 1. The molecule has 1 spiro atoms. The standard InChI is InChI=1S/C19H29NO2/c1-15(8-7-13-21)20-17-14-19(11-5-2-6-12-19)22-18-10-4-3-9-16(17)18/h3-4,9-10,15,17,20-21H,2,5-8,11-14H2,1H3. The van der Waals surface area contributed by atoms with Crippen molar-refractivity contribution in [1.82, 2.24) is 5.32 Å². The van der Waals surface area contributed by atoms with E-state index in [9.17, 15) is 0 Å². The molecule has 3 nitrogen and oxygen atoms in total. The molecule has 2 unspecified atom stereocenters. The van der Waals surface area contributed by atoms with Gasteiger partial charge in [0.15, 0.2) is 0 Å². The van der Waals surface area contributed by atoms with Crippen molar-refractivity contribution in [3.05, 3.63) is 29.8 Å². The summed E-state index contributed by atoms with van der Waals surface area (Å²) in [6.45, 7) is 2.50. The highest BCUT2D eigenvalue weighted by Crippen LogP contribution is 2.46. The minimum atomic E-state index is 0.0426. The number of rotatable bonds is 5. The Morgan fingerprint density at radius 1 is 1.27 bits per heavy atom. The maximum absolute atomic E-state index is 9.03. The number of hydrogen-bond donors (Lipinski definition) is 2. The average molecular weight is 303 g/mol. The molecule has 122 valence electrons. The van der Waals surface area contributed by atoms with Gasteiger partial charge in [-0.1, -0.05) is 24.6 Å². The number of benzene rings is 1. The topological polar surface area (TPSA) is 41.5 Å². The Morgan fingerprint density at radius 2 is 2.05 bits per heavy atom. The first-order valence-corrected chi connectivity index (χ1v) is 8.87. The predicted octanol–water partition coefficient (Wildman–Crippen LogP) is 3.96. The fourth-order valence-corrected chi connectivity index (χ4v) is 4.09. The summed E-state index contributed by atoms with van der Waals surface area (Å²) in [5.41, 5.74) is 1.34. The highest BCUT2D eigenvalue weighted by Gasteiger charge is 2.41. The van der Waals surface area contributed by atoms with Crippen LogP contribution in [0.2, 0.25) is 0 Å². The first-order valence-electron chi connectivity index (χ1n) is 8.87. The monoisotopic (exact) mass is 303 g/mol. The summed E-state index contributed by atoms with van der Waals surface area (Å²) in [6.07, 6.45) is 9.25. The van der Waals surface area contributed by atoms with E-state index in [2.05, 4.69) is 36.5 Å². The smallest absolute Gasteiger partial charge is 0.124 e. The second kappa shape index (κ2) is 7.01. The van der Waals surface area contributed by atoms with E-state index < -0.39 is 0 Å². The van der Waals surface area contributed by atoms with Gasteiger partial charge in [-0.3, -0.25) is 0 Å². The normalized spacial score (nSPS) is 24.5. The molecule has 3 rings (SSSR count). The average Bonchev–Trinajstić information content (AvgIpc) is 2.53. The van der Waals surface area contributed by atoms with E-state index in [1.165, 1.54) is 37.7 Å². The summed E-state index contributed by atoms with van der Waals surface area (Å²) in [6, 6.07) is 9.29. The van der Waals surface area contributed by atoms with Gasteiger partial charge in [0.05, 0.1) is 0 Å². The minimum Gasteiger partial charge on any atom is -0.487 e. The number of para-hydroxylation sites is 1. The molecule has 2 atom stereocenters. The third-order valence-electron chi connectivity index (χ3n) is 5.24. The fraction of sp³-hybridized carbons (Fsp3) is 0.684. The number of nitrogens with one attached hydrogen (secondary N) is 1. The van der Waals surface area contributed by atoms with Crippen molar-refractivity contribution in [2.45, 2.75) is 76.0 Å². The van der Waals surface area contributed by atoms with Crippen molar-refractivity contribution in [2.75, 3.05) is 6.61 Å². The molecule has 1 saturated carbocycles. The second-order valence-electron chi connectivity index (χ2n) is 7.07. The summed E-state index contributed by atoms with van der Waals surface area (Å²) < 4.78 is 6.47.